The minimum Gasteiger partial charge on any atom is -0.493 e. The van der Waals surface area contributed by atoms with E-state index in [2.05, 4.69) is 21.8 Å². The topological polar surface area (TPSA) is 76.9 Å². The molecule has 2 aromatic carbocycles. The molecule has 0 bridgehead atoms. The lowest BCUT2D eigenvalue weighted by atomic mass is 10.1. The van der Waals surface area contributed by atoms with Gasteiger partial charge < -0.3 is 9.47 Å². The lowest BCUT2D eigenvalue weighted by Gasteiger charge is -2.12. The summed E-state index contributed by atoms with van der Waals surface area (Å²) in [5.74, 6) is 1.03. The first-order chi connectivity index (χ1) is 16.5. The van der Waals surface area contributed by atoms with Crippen LogP contribution in [0.4, 0.5) is 5.13 Å². The summed E-state index contributed by atoms with van der Waals surface area (Å²) < 4.78 is 11.4. The zero-order valence-electron chi connectivity index (χ0n) is 18.5. The van der Waals surface area contributed by atoms with Crippen LogP contribution in [-0.4, -0.2) is 39.8 Å². The summed E-state index contributed by atoms with van der Waals surface area (Å²) in [4.78, 5) is 19.6. The largest absolute Gasteiger partial charge is 0.493 e. The number of aliphatic imine (C=N–C) groups is 1. The Bertz CT molecular complexity index is 1270. The number of amidine groups is 1. The van der Waals surface area contributed by atoms with Crippen molar-refractivity contribution < 1.29 is 14.3 Å². The molecule has 4 rings (SSSR count). The molecule has 0 spiro atoms. The van der Waals surface area contributed by atoms with Gasteiger partial charge in [0.15, 0.2) is 16.7 Å². The van der Waals surface area contributed by atoms with Gasteiger partial charge in [0.2, 0.25) is 5.13 Å². The molecule has 174 valence electrons. The third-order valence-electron chi connectivity index (χ3n) is 4.70. The maximum atomic E-state index is 13.0. The summed E-state index contributed by atoms with van der Waals surface area (Å²) >= 11 is 8.59. The number of halogens is 1. The normalized spacial score (nSPS) is 15.9. The minimum absolute atomic E-state index is 0.146. The number of methoxy groups -OCH3 is 1. The van der Waals surface area contributed by atoms with Gasteiger partial charge in [0, 0.05) is 11.6 Å². The molecule has 34 heavy (non-hydrogen) atoms. The van der Waals surface area contributed by atoms with Crippen LogP contribution in [0.25, 0.3) is 6.08 Å². The highest BCUT2D eigenvalue weighted by atomic mass is 35.5. The van der Waals surface area contributed by atoms with Gasteiger partial charge in [-0.15, -0.1) is 16.8 Å². The summed E-state index contributed by atoms with van der Waals surface area (Å²) in [6.07, 6.45) is 3.47. The summed E-state index contributed by atoms with van der Waals surface area (Å²) in [5.41, 5.74) is 1.79. The zero-order chi connectivity index (χ0) is 24.1. The summed E-state index contributed by atoms with van der Waals surface area (Å²) in [6, 6.07) is 13.0. The molecule has 0 unspecified atom stereocenters. The number of benzene rings is 2. The Morgan fingerprint density at radius 2 is 1.97 bits per heavy atom. The third-order valence-corrected chi connectivity index (χ3v) is 6.69. The van der Waals surface area contributed by atoms with Gasteiger partial charge in [-0.25, -0.2) is 0 Å². The molecule has 1 fully saturated rings. The van der Waals surface area contributed by atoms with E-state index in [0.717, 1.165) is 16.1 Å². The first kappa shape index (κ1) is 24.0. The van der Waals surface area contributed by atoms with Crippen LogP contribution in [0.15, 0.2) is 65.0 Å². The number of hydrogen-bond acceptors (Lipinski definition) is 8. The first-order valence-corrected chi connectivity index (χ1v) is 12.2. The number of hydrogen-bond donors (Lipinski definition) is 0. The quantitative estimate of drug-likeness (QED) is 0.277. The Morgan fingerprint density at radius 1 is 1.18 bits per heavy atom. The van der Waals surface area contributed by atoms with Crippen LogP contribution in [0.1, 0.15) is 16.1 Å². The van der Waals surface area contributed by atoms with Crippen LogP contribution < -0.4 is 9.47 Å². The highest BCUT2D eigenvalue weighted by Gasteiger charge is 2.33. The smallest absolute Gasteiger partial charge is 0.267 e. The molecule has 0 N–H and O–H groups in total. The fourth-order valence-corrected chi connectivity index (χ4v) is 4.81. The minimum atomic E-state index is -0.146. The Hall–Kier alpha value is -3.14. The van der Waals surface area contributed by atoms with Crippen LogP contribution >= 0.6 is 34.7 Å². The van der Waals surface area contributed by atoms with E-state index < -0.39 is 0 Å². The van der Waals surface area contributed by atoms with E-state index in [1.54, 1.807) is 18.1 Å². The predicted octanol–water partition coefficient (Wildman–Crippen LogP) is 5.88. The van der Waals surface area contributed by atoms with E-state index in [1.807, 2.05) is 55.5 Å². The van der Waals surface area contributed by atoms with Gasteiger partial charge in [-0.2, -0.15) is 4.99 Å². The van der Waals surface area contributed by atoms with Crippen molar-refractivity contribution in [1.82, 2.24) is 15.1 Å². The summed E-state index contributed by atoms with van der Waals surface area (Å²) in [5, 5.41) is 10.6. The van der Waals surface area contributed by atoms with E-state index in [4.69, 9.17) is 21.1 Å². The molecule has 1 amide bonds. The van der Waals surface area contributed by atoms with Crippen LogP contribution in [0.3, 0.4) is 0 Å². The van der Waals surface area contributed by atoms with Crippen LogP contribution in [0.2, 0.25) is 5.02 Å². The maximum absolute atomic E-state index is 13.0. The van der Waals surface area contributed by atoms with Crippen LogP contribution in [0, 0.1) is 6.92 Å². The Kier molecular flexibility index (Phi) is 7.66. The Labute approximate surface area is 210 Å². The first-order valence-electron chi connectivity index (χ1n) is 10.2. The zero-order valence-corrected chi connectivity index (χ0v) is 20.9. The molecule has 7 nitrogen and oxygen atoms in total. The Morgan fingerprint density at radius 3 is 2.65 bits per heavy atom. The van der Waals surface area contributed by atoms with Crippen molar-refractivity contribution >= 4 is 57.0 Å². The van der Waals surface area contributed by atoms with Gasteiger partial charge in [0.05, 0.1) is 12.0 Å². The number of carbonyl (C=O) groups is 1. The number of aromatic nitrogens is 2. The van der Waals surface area contributed by atoms with Gasteiger partial charge in [-0.05, 0) is 60.2 Å². The van der Waals surface area contributed by atoms with E-state index >= 15 is 0 Å². The van der Waals surface area contributed by atoms with Crippen molar-refractivity contribution in [1.29, 1.82) is 0 Å². The number of carbonyl (C=O) groups excluding carboxylic acids is 1. The Balaban J connectivity index is 1.55. The molecule has 1 aliphatic heterocycles. The number of thioether (sulfide) groups is 1. The highest BCUT2D eigenvalue weighted by Crippen LogP contribution is 2.36. The summed E-state index contributed by atoms with van der Waals surface area (Å²) in [6.45, 7) is 6.33. The second-order valence-corrected chi connectivity index (χ2v) is 9.74. The molecule has 0 atom stereocenters. The monoisotopic (exact) mass is 512 g/mol. The SMILES string of the molecule is C=CCN1C(=O)/C(=C/c2ccc(OCc3ccc(Cl)cc3)c(OC)c2)S/C1=N/c1nnc(C)s1. The molecule has 0 aliphatic carbocycles. The van der Waals surface area contributed by atoms with Crippen molar-refractivity contribution in [2.45, 2.75) is 13.5 Å². The van der Waals surface area contributed by atoms with Crippen molar-refractivity contribution in [3.8, 4) is 11.5 Å². The molecule has 0 saturated carbocycles. The molecule has 3 aromatic rings. The molecule has 1 saturated heterocycles. The average molecular weight is 513 g/mol. The predicted molar refractivity (Wildman–Crippen MR) is 138 cm³/mol. The van der Waals surface area contributed by atoms with Crippen LogP contribution in [0.5, 0.6) is 11.5 Å². The van der Waals surface area contributed by atoms with Crippen molar-refractivity contribution in [2.24, 2.45) is 4.99 Å². The number of rotatable bonds is 8. The van der Waals surface area contributed by atoms with Gasteiger partial charge in [0.25, 0.3) is 5.91 Å². The van der Waals surface area contributed by atoms with Gasteiger partial charge in [-0.1, -0.05) is 47.2 Å². The number of ether oxygens (including phenoxy) is 2. The standard InChI is InChI=1S/C24H21ClN4O3S2/c1-4-11-29-22(30)21(34-24(29)26-23-28-27-15(2)33-23)13-17-7-10-19(20(12-17)31-3)32-14-16-5-8-18(25)9-6-16/h4-10,12-13H,1,11,14H2,2-3H3/b21-13-,26-24+. The molecule has 0 radical (unpaired) electrons. The van der Waals surface area contributed by atoms with Crippen molar-refractivity contribution in [3.63, 3.8) is 0 Å². The molecule has 1 aliphatic rings. The molecular formula is C24H21ClN4O3S2. The second kappa shape index (κ2) is 10.9. The second-order valence-electron chi connectivity index (χ2n) is 7.14. The fourth-order valence-electron chi connectivity index (χ4n) is 3.08. The van der Waals surface area contributed by atoms with E-state index in [1.165, 1.54) is 23.1 Å². The van der Waals surface area contributed by atoms with Crippen molar-refractivity contribution in [3.05, 3.63) is 81.2 Å². The lowest BCUT2D eigenvalue weighted by Crippen LogP contribution is -2.29. The van der Waals surface area contributed by atoms with Gasteiger partial charge in [-0.3, -0.25) is 9.69 Å². The van der Waals surface area contributed by atoms with E-state index in [9.17, 15) is 4.79 Å². The van der Waals surface area contributed by atoms with E-state index in [0.29, 0.717) is 44.9 Å². The molecule has 1 aromatic heterocycles. The van der Waals surface area contributed by atoms with E-state index in [-0.39, 0.29) is 5.91 Å². The van der Waals surface area contributed by atoms with Crippen LogP contribution in [-0.2, 0) is 11.4 Å². The van der Waals surface area contributed by atoms with Gasteiger partial charge >= 0.3 is 0 Å². The number of amides is 1. The molecule has 10 heteroatoms. The molecule has 2 heterocycles. The van der Waals surface area contributed by atoms with Crippen molar-refractivity contribution in [2.75, 3.05) is 13.7 Å². The lowest BCUT2D eigenvalue weighted by molar-refractivity contribution is -0.121. The maximum Gasteiger partial charge on any atom is 0.267 e. The van der Waals surface area contributed by atoms with Gasteiger partial charge in [0.1, 0.15) is 11.6 Å². The number of aryl methyl sites for hydroxylation is 1. The average Bonchev–Trinajstić information content (AvgIpc) is 3.37. The number of nitrogens with zero attached hydrogens (tertiary/aromatic N) is 4. The third kappa shape index (κ3) is 5.67. The molecular weight excluding hydrogens is 492 g/mol. The fraction of sp³-hybridized carbons (Fsp3) is 0.167. The summed E-state index contributed by atoms with van der Waals surface area (Å²) in [7, 11) is 1.58. The highest BCUT2D eigenvalue weighted by molar-refractivity contribution is 8.18.